The van der Waals surface area contributed by atoms with Gasteiger partial charge in [-0.1, -0.05) is 6.07 Å². The molecule has 0 spiro atoms. The van der Waals surface area contributed by atoms with Crippen molar-refractivity contribution >= 4 is 5.95 Å². The lowest BCUT2D eigenvalue weighted by Crippen LogP contribution is -2.08. The van der Waals surface area contributed by atoms with Gasteiger partial charge in [0.05, 0.1) is 0 Å². The Balaban J connectivity index is 1.96. The summed E-state index contributed by atoms with van der Waals surface area (Å²) in [6.07, 6.45) is 3.30. The standard InChI is InChI=1S/C13H11FN6O/c1-15-11-17-12(20-7-3-6-16-20)19-13(18-11)21-10-5-2-4-9(14)8-10/h2-8H,1H3,(H,15,17,18,19). The second-order valence-electron chi connectivity index (χ2n) is 4.00. The van der Waals surface area contributed by atoms with Crippen molar-refractivity contribution in [3.8, 4) is 17.7 Å². The van der Waals surface area contributed by atoms with Crippen LogP contribution in [0.1, 0.15) is 0 Å². The van der Waals surface area contributed by atoms with Gasteiger partial charge in [-0.05, 0) is 18.2 Å². The summed E-state index contributed by atoms with van der Waals surface area (Å²) in [6.45, 7) is 0. The first-order chi connectivity index (χ1) is 10.2. The molecule has 3 rings (SSSR count). The smallest absolute Gasteiger partial charge is 0.328 e. The van der Waals surface area contributed by atoms with E-state index >= 15 is 0 Å². The molecule has 21 heavy (non-hydrogen) atoms. The fourth-order valence-corrected chi connectivity index (χ4v) is 1.63. The third-order valence-electron chi connectivity index (χ3n) is 2.54. The van der Waals surface area contributed by atoms with Crippen LogP contribution < -0.4 is 10.1 Å². The molecule has 3 aromatic rings. The lowest BCUT2D eigenvalue weighted by Gasteiger charge is -2.07. The molecule has 0 atom stereocenters. The molecule has 1 aromatic carbocycles. The summed E-state index contributed by atoms with van der Waals surface area (Å²) in [5, 5.41) is 6.85. The molecule has 0 amide bonds. The molecule has 7 nitrogen and oxygen atoms in total. The monoisotopic (exact) mass is 286 g/mol. The molecular formula is C13H11FN6O. The lowest BCUT2D eigenvalue weighted by molar-refractivity contribution is 0.434. The number of nitrogens with zero attached hydrogens (tertiary/aromatic N) is 5. The maximum Gasteiger partial charge on any atom is 0.328 e. The van der Waals surface area contributed by atoms with Crippen LogP contribution in [0.4, 0.5) is 10.3 Å². The Kier molecular flexibility index (Phi) is 3.42. The maximum atomic E-state index is 13.2. The predicted octanol–water partition coefficient (Wildman–Crippen LogP) is 2.03. The highest BCUT2D eigenvalue weighted by atomic mass is 19.1. The number of hydrogen-bond acceptors (Lipinski definition) is 6. The van der Waals surface area contributed by atoms with Crippen molar-refractivity contribution < 1.29 is 9.13 Å². The van der Waals surface area contributed by atoms with E-state index in [9.17, 15) is 4.39 Å². The maximum absolute atomic E-state index is 13.2. The van der Waals surface area contributed by atoms with Crippen molar-refractivity contribution in [2.24, 2.45) is 0 Å². The summed E-state index contributed by atoms with van der Waals surface area (Å²) in [7, 11) is 1.67. The van der Waals surface area contributed by atoms with E-state index in [2.05, 4.69) is 25.4 Å². The summed E-state index contributed by atoms with van der Waals surface area (Å²) in [4.78, 5) is 12.4. The lowest BCUT2D eigenvalue weighted by atomic mass is 10.3. The fraction of sp³-hybridized carbons (Fsp3) is 0.0769. The van der Waals surface area contributed by atoms with Gasteiger partial charge in [-0.2, -0.15) is 20.1 Å². The Morgan fingerprint density at radius 1 is 1.19 bits per heavy atom. The Morgan fingerprint density at radius 2 is 2.10 bits per heavy atom. The molecule has 0 aliphatic carbocycles. The molecule has 2 aromatic heterocycles. The van der Waals surface area contributed by atoms with Crippen LogP contribution in [0.25, 0.3) is 5.95 Å². The van der Waals surface area contributed by atoms with Crippen LogP contribution in [0.5, 0.6) is 11.8 Å². The van der Waals surface area contributed by atoms with Crippen LogP contribution in [-0.4, -0.2) is 31.8 Å². The molecular weight excluding hydrogens is 275 g/mol. The van der Waals surface area contributed by atoms with Crippen LogP contribution >= 0.6 is 0 Å². The quantitative estimate of drug-likeness (QED) is 0.790. The third kappa shape index (κ3) is 2.94. The van der Waals surface area contributed by atoms with Gasteiger partial charge >= 0.3 is 6.01 Å². The largest absolute Gasteiger partial charge is 0.424 e. The second-order valence-corrected chi connectivity index (χ2v) is 4.00. The van der Waals surface area contributed by atoms with E-state index in [1.54, 1.807) is 37.6 Å². The van der Waals surface area contributed by atoms with E-state index in [-0.39, 0.29) is 6.01 Å². The highest BCUT2D eigenvalue weighted by molar-refractivity contribution is 5.31. The zero-order valence-electron chi connectivity index (χ0n) is 11.1. The van der Waals surface area contributed by atoms with Gasteiger partial charge in [-0.15, -0.1) is 0 Å². The van der Waals surface area contributed by atoms with Gasteiger partial charge in [0.1, 0.15) is 11.6 Å². The first kappa shape index (κ1) is 13.0. The SMILES string of the molecule is CNc1nc(Oc2cccc(F)c2)nc(-n2cccn2)n1. The Hall–Kier alpha value is -3.03. The number of nitrogens with one attached hydrogen (secondary N) is 1. The molecule has 0 unspecified atom stereocenters. The van der Waals surface area contributed by atoms with Crippen molar-refractivity contribution in [3.63, 3.8) is 0 Å². The minimum absolute atomic E-state index is 0.0467. The van der Waals surface area contributed by atoms with Crippen molar-refractivity contribution in [1.29, 1.82) is 0 Å². The van der Waals surface area contributed by atoms with Crippen LogP contribution in [-0.2, 0) is 0 Å². The van der Waals surface area contributed by atoms with Gasteiger partial charge < -0.3 is 10.1 Å². The number of rotatable bonds is 4. The van der Waals surface area contributed by atoms with Gasteiger partial charge in [-0.3, -0.25) is 0 Å². The van der Waals surface area contributed by atoms with Crippen LogP contribution in [0, 0.1) is 5.82 Å². The number of anilines is 1. The van der Waals surface area contributed by atoms with Crippen molar-refractivity contribution in [2.75, 3.05) is 12.4 Å². The van der Waals surface area contributed by atoms with E-state index in [0.29, 0.717) is 17.6 Å². The fourth-order valence-electron chi connectivity index (χ4n) is 1.63. The van der Waals surface area contributed by atoms with E-state index in [4.69, 9.17) is 4.74 Å². The predicted molar refractivity (Wildman–Crippen MR) is 73.0 cm³/mol. The summed E-state index contributed by atoms with van der Waals surface area (Å²) in [6, 6.07) is 7.52. The molecule has 0 bridgehead atoms. The molecule has 0 saturated heterocycles. The zero-order valence-corrected chi connectivity index (χ0v) is 11.1. The second kappa shape index (κ2) is 5.53. The normalized spacial score (nSPS) is 10.4. The third-order valence-corrected chi connectivity index (χ3v) is 2.54. The number of halogens is 1. The molecule has 0 aliphatic rings. The minimum Gasteiger partial charge on any atom is -0.424 e. The topological polar surface area (TPSA) is 77.8 Å². The molecule has 1 N–H and O–H groups in total. The molecule has 8 heteroatoms. The van der Waals surface area contributed by atoms with Gasteiger partial charge in [0.2, 0.25) is 5.95 Å². The highest BCUT2D eigenvalue weighted by Crippen LogP contribution is 2.20. The van der Waals surface area contributed by atoms with Crippen LogP contribution in [0.15, 0.2) is 42.7 Å². The van der Waals surface area contributed by atoms with E-state index in [1.807, 2.05) is 0 Å². The molecule has 2 heterocycles. The zero-order chi connectivity index (χ0) is 14.7. The minimum atomic E-state index is -0.400. The highest BCUT2D eigenvalue weighted by Gasteiger charge is 2.10. The molecule has 0 fully saturated rings. The van der Waals surface area contributed by atoms with Gasteiger partial charge in [0, 0.05) is 25.5 Å². The van der Waals surface area contributed by atoms with E-state index < -0.39 is 5.82 Å². The van der Waals surface area contributed by atoms with Gasteiger partial charge in [0.25, 0.3) is 5.95 Å². The Labute approximate surface area is 119 Å². The van der Waals surface area contributed by atoms with Crippen molar-refractivity contribution in [2.45, 2.75) is 0 Å². The summed E-state index contributed by atoms with van der Waals surface area (Å²) in [5.41, 5.74) is 0. The molecule has 0 radical (unpaired) electrons. The molecule has 106 valence electrons. The first-order valence-electron chi connectivity index (χ1n) is 6.12. The average Bonchev–Trinajstić information content (AvgIpc) is 3.01. The Bertz CT molecular complexity index is 746. The number of hydrogen-bond donors (Lipinski definition) is 1. The van der Waals surface area contributed by atoms with Crippen LogP contribution in [0.2, 0.25) is 0 Å². The molecule has 0 saturated carbocycles. The Morgan fingerprint density at radius 3 is 2.81 bits per heavy atom. The summed E-state index contributed by atoms with van der Waals surface area (Å²) >= 11 is 0. The molecule has 0 aliphatic heterocycles. The van der Waals surface area contributed by atoms with Gasteiger partial charge in [0.15, 0.2) is 0 Å². The number of aromatic nitrogens is 5. The van der Waals surface area contributed by atoms with E-state index in [0.717, 1.165) is 0 Å². The summed E-state index contributed by atoms with van der Waals surface area (Å²) < 4.78 is 20.1. The number of benzene rings is 1. The van der Waals surface area contributed by atoms with E-state index in [1.165, 1.54) is 16.8 Å². The van der Waals surface area contributed by atoms with Gasteiger partial charge in [-0.25, -0.2) is 9.07 Å². The first-order valence-corrected chi connectivity index (χ1v) is 6.12. The average molecular weight is 286 g/mol. The van der Waals surface area contributed by atoms with Crippen LogP contribution in [0.3, 0.4) is 0 Å². The number of ether oxygens (including phenoxy) is 1. The summed E-state index contributed by atoms with van der Waals surface area (Å²) in [5.74, 6) is 0.519. The van der Waals surface area contributed by atoms with Crippen molar-refractivity contribution in [1.82, 2.24) is 24.7 Å². The van der Waals surface area contributed by atoms with Crippen molar-refractivity contribution in [3.05, 3.63) is 48.5 Å².